The molecule has 16 heavy (non-hydrogen) atoms. The molecular weight excluding hydrogens is 291 g/mol. The Hall–Kier alpha value is -0.320. The summed E-state index contributed by atoms with van der Waals surface area (Å²) in [6, 6.07) is 3.08. The molecule has 0 spiro atoms. The van der Waals surface area contributed by atoms with Gasteiger partial charge in [0.25, 0.3) is 0 Å². The van der Waals surface area contributed by atoms with Gasteiger partial charge in [0.05, 0.1) is 10.4 Å². The van der Waals surface area contributed by atoms with Crippen molar-refractivity contribution < 1.29 is 8.42 Å². The van der Waals surface area contributed by atoms with E-state index in [1.807, 2.05) is 6.07 Å². The summed E-state index contributed by atoms with van der Waals surface area (Å²) in [4.78, 5) is -0.104. The highest BCUT2D eigenvalue weighted by molar-refractivity contribution is 7.89. The van der Waals surface area contributed by atoms with Gasteiger partial charge in [-0.2, -0.15) is 9.98 Å². The highest BCUT2D eigenvalue weighted by Crippen LogP contribution is 2.34. The third kappa shape index (κ3) is 3.09. The molecule has 0 aromatic carbocycles. The third-order valence-corrected chi connectivity index (χ3v) is 4.99. The van der Waals surface area contributed by atoms with Crippen molar-refractivity contribution in [1.29, 1.82) is 5.26 Å². The van der Waals surface area contributed by atoms with Crippen molar-refractivity contribution in [1.82, 2.24) is 4.72 Å². The second-order valence-electron chi connectivity index (χ2n) is 3.53. The monoisotopic (exact) mass is 298 g/mol. The molecule has 1 rings (SSSR count). The first-order chi connectivity index (χ1) is 7.18. The predicted molar refractivity (Wildman–Crippen MR) is 64.4 cm³/mol. The summed E-state index contributed by atoms with van der Waals surface area (Å²) in [5, 5.41) is 8.75. The zero-order valence-corrected chi connectivity index (χ0v) is 11.6. The molecule has 0 amide bonds. The lowest BCUT2D eigenvalue weighted by atomic mass is 10.1. The maximum Gasteiger partial charge on any atom is 0.244 e. The second kappa shape index (κ2) is 4.51. The van der Waals surface area contributed by atoms with E-state index in [0.29, 0.717) is 0 Å². The van der Waals surface area contributed by atoms with E-state index in [1.165, 1.54) is 19.9 Å². The first kappa shape index (κ1) is 13.7. The van der Waals surface area contributed by atoms with Gasteiger partial charge in [-0.05, 0) is 19.9 Å². The Morgan fingerprint density at radius 3 is 2.44 bits per heavy atom. The number of nitriles is 1. The minimum atomic E-state index is -3.82. The van der Waals surface area contributed by atoms with Crippen LogP contribution in [0.3, 0.4) is 0 Å². The lowest BCUT2D eigenvalue weighted by Crippen LogP contribution is -2.41. The van der Waals surface area contributed by atoms with Gasteiger partial charge in [-0.25, -0.2) is 8.42 Å². The van der Waals surface area contributed by atoms with Crippen LogP contribution in [-0.2, 0) is 10.0 Å². The molecule has 0 saturated heterocycles. The summed E-state index contributed by atoms with van der Waals surface area (Å²) in [6.45, 7) is 2.90. The van der Waals surface area contributed by atoms with Crippen molar-refractivity contribution in [2.45, 2.75) is 24.3 Å². The van der Waals surface area contributed by atoms with Crippen molar-refractivity contribution in [2.24, 2.45) is 0 Å². The Bertz CT molecular complexity index is 543. The van der Waals surface area contributed by atoms with E-state index >= 15 is 0 Å². The van der Waals surface area contributed by atoms with E-state index in [-0.39, 0.29) is 13.6 Å². The van der Waals surface area contributed by atoms with E-state index in [0.717, 1.165) is 11.3 Å². The minimum Gasteiger partial charge on any atom is -0.207 e. The Balaban J connectivity index is 3.15. The van der Waals surface area contributed by atoms with Gasteiger partial charge in [-0.1, -0.05) is 23.2 Å². The highest BCUT2D eigenvalue weighted by atomic mass is 35.5. The number of hydrogen-bond donors (Lipinski definition) is 1. The number of nitrogens with one attached hydrogen (secondary N) is 1. The quantitative estimate of drug-likeness (QED) is 0.932. The Morgan fingerprint density at radius 1 is 1.50 bits per heavy atom. The van der Waals surface area contributed by atoms with E-state index in [1.54, 1.807) is 0 Å². The zero-order chi connectivity index (χ0) is 12.6. The van der Waals surface area contributed by atoms with E-state index < -0.39 is 15.6 Å². The normalized spacial score (nSPS) is 12.4. The summed E-state index contributed by atoms with van der Waals surface area (Å²) in [6.07, 6.45) is 0. The van der Waals surface area contributed by atoms with E-state index in [2.05, 4.69) is 4.72 Å². The van der Waals surface area contributed by atoms with Crippen LogP contribution in [0.5, 0.6) is 0 Å². The van der Waals surface area contributed by atoms with Crippen molar-refractivity contribution >= 4 is 44.6 Å². The van der Waals surface area contributed by atoms with Gasteiger partial charge in [0, 0.05) is 0 Å². The molecule has 0 bridgehead atoms. The average molecular weight is 299 g/mol. The van der Waals surface area contributed by atoms with Crippen molar-refractivity contribution in [3.8, 4) is 6.07 Å². The molecule has 0 atom stereocenters. The molecule has 0 unspecified atom stereocenters. The Kier molecular flexibility index (Phi) is 3.87. The van der Waals surface area contributed by atoms with Crippen molar-refractivity contribution in [3.05, 3.63) is 14.7 Å². The van der Waals surface area contributed by atoms with Crippen molar-refractivity contribution in [2.75, 3.05) is 0 Å². The van der Waals surface area contributed by atoms with Gasteiger partial charge in [-0.3, -0.25) is 0 Å². The first-order valence-corrected chi connectivity index (χ1v) is 7.13. The molecule has 0 saturated carbocycles. The number of halogens is 2. The number of nitrogens with zero attached hydrogens (tertiary/aromatic N) is 1. The highest BCUT2D eigenvalue weighted by Gasteiger charge is 2.28. The van der Waals surface area contributed by atoms with Gasteiger partial charge in [-0.15, -0.1) is 11.3 Å². The second-order valence-corrected chi connectivity index (χ2v) is 7.47. The fraction of sp³-hybridized carbons (Fsp3) is 0.375. The first-order valence-electron chi connectivity index (χ1n) is 4.08. The topological polar surface area (TPSA) is 70.0 Å². The van der Waals surface area contributed by atoms with Crippen LogP contribution >= 0.6 is 34.5 Å². The van der Waals surface area contributed by atoms with E-state index in [4.69, 9.17) is 28.5 Å². The molecule has 1 heterocycles. The van der Waals surface area contributed by atoms with Crippen LogP contribution in [0.4, 0.5) is 0 Å². The summed E-state index contributed by atoms with van der Waals surface area (Å²) < 4.78 is 26.3. The van der Waals surface area contributed by atoms with Crippen LogP contribution in [0.25, 0.3) is 0 Å². The standard InChI is InChI=1S/C8H8Cl2N2O2S2/c1-8(2,4-11)12-16(13,14)5-3-6(9)15-7(5)10/h3,12H,1-2H3. The SMILES string of the molecule is CC(C)(C#N)NS(=O)(=O)c1cc(Cl)sc1Cl. The predicted octanol–water partition coefficient (Wildman–Crippen LogP) is 2.64. The molecule has 1 aromatic heterocycles. The van der Waals surface area contributed by atoms with Gasteiger partial charge in [0.2, 0.25) is 10.0 Å². The number of rotatable bonds is 3. The van der Waals surface area contributed by atoms with Gasteiger partial charge in [0.1, 0.15) is 14.8 Å². The Morgan fingerprint density at radius 2 is 2.06 bits per heavy atom. The van der Waals surface area contributed by atoms with Crippen molar-refractivity contribution in [3.63, 3.8) is 0 Å². The van der Waals surface area contributed by atoms with Gasteiger partial charge >= 0.3 is 0 Å². The molecule has 0 radical (unpaired) electrons. The fourth-order valence-corrected chi connectivity index (χ4v) is 4.40. The fourth-order valence-electron chi connectivity index (χ4n) is 0.922. The molecule has 88 valence electrons. The number of hydrogen-bond acceptors (Lipinski definition) is 4. The molecule has 0 aliphatic rings. The molecular formula is C8H8Cl2N2O2S2. The van der Waals surface area contributed by atoms with Crippen LogP contribution in [0, 0.1) is 11.3 Å². The van der Waals surface area contributed by atoms with Gasteiger partial charge < -0.3 is 0 Å². The zero-order valence-electron chi connectivity index (χ0n) is 8.41. The lowest BCUT2D eigenvalue weighted by molar-refractivity contribution is 0.536. The van der Waals surface area contributed by atoms with Crippen LogP contribution in [0.2, 0.25) is 8.67 Å². The maximum atomic E-state index is 11.8. The molecule has 0 aliphatic heterocycles. The molecule has 0 fully saturated rings. The third-order valence-electron chi connectivity index (χ3n) is 1.58. The number of sulfonamides is 1. The largest absolute Gasteiger partial charge is 0.244 e. The average Bonchev–Trinajstić information content (AvgIpc) is 2.44. The molecule has 4 nitrogen and oxygen atoms in total. The van der Waals surface area contributed by atoms with Crippen LogP contribution in [0.15, 0.2) is 11.0 Å². The summed E-state index contributed by atoms with van der Waals surface area (Å²) in [5.74, 6) is 0. The molecule has 0 aliphatic carbocycles. The van der Waals surface area contributed by atoms with E-state index in [9.17, 15) is 8.42 Å². The van der Waals surface area contributed by atoms with Gasteiger partial charge in [0.15, 0.2) is 0 Å². The van der Waals surface area contributed by atoms with Crippen LogP contribution in [-0.4, -0.2) is 14.0 Å². The van der Waals surface area contributed by atoms with Crippen LogP contribution < -0.4 is 4.72 Å². The molecule has 1 N–H and O–H groups in total. The summed E-state index contributed by atoms with van der Waals surface area (Å²) in [5.41, 5.74) is -1.20. The summed E-state index contributed by atoms with van der Waals surface area (Å²) >= 11 is 12.3. The Labute approximate surface area is 108 Å². The maximum absolute atomic E-state index is 11.8. The minimum absolute atomic E-state index is 0.0752. The number of thiophene rings is 1. The lowest BCUT2D eigenvalue weighted by Gasteiger charge is -2.16. The van der Waals surface area contributed by atoms with Crippen LogP contribution in [0.1, 0.15) is 13.8 Å². The molecule has 8 heteroatoms. The molecule has 1 aromatic rings. The smallest absolute Gasteiger partial charge is 0.207 e. The summed E-state index contributed by atoms with van der Waals surface area (Å²) in [7, 11) is -3.82.